The Labute approximate surface area is 178 Å². The van der Waals surface area contributed by atoms with Gasteiger partial charge in [-0.2, -0.15) is 4.57 Å². The summed E-state index contributed by atoms with van der Waals surface area (Å²) in [5, 5.41) is 0. The molecule has 3 aromatic carbocycles. The maximum Gasteiger partial charge on any atom is 0.647 e. The largest absolute Gasteiger partial charge is 0.647 e. The van der Waals surface area contributed by atoms with Crippen molar-refractivity contribution in [3.8, 4) is 17.2 Å². The number of fused-ring (bicyclic) bond motifs is 2. The summed E-state index contributed by atoms with van der Waals surface area (Å²) in [5.74, 6) is 1.58. The predicted molar refractivity (Wildman–Crippen MR) is 120 cm³/mol. The third-order valence-electron chi connectivity index (χ3n) is 5.47. The van der Waals surface area contributed by atoms with Gasteiger partial charge in [-0.3, -0.25) is 0 Å². The van der Waals surface area contributed by atoms with Crippen LogP contribution in [0, 0.1) is 34.6 Å². The first-order valence-corrected chi connectivity index (χ1v) is 11.6. The van der Waals surface area contributed by atoms with Crippen molar-refractivity contribution in [3.63, 3.8) is 0 Å². The van der Waals surface area contributed by atoms with Crippen LogP contribution in [0.15, 0.2) is 48.5 Å². The molecule has 4 nitrogen and oxygen atoms in total. The molecule has 4 rings (SSSR count). The molecule has 0 N–H and O–H groups in total. The first kappa shape index (κ1) is 20.6. The average Bonchev–Trinajstić information content (AvgIpc) is 2.66. The molecule has 1 aliphatic rings. The fourth-order valence-corrected chi connectivity index (χ4v) is 5.48. The molecule has 5 heteroatoms. The fraction of sp³-hybridized carbons (Fsp3) is 0.280. The van der Waals surface area contributed by atoms with Crippen molar-refractivity contribution in [2.24, 2.45) is 0 Å². The van der Waals surface area contributed by atoms with Crippen LogP contribution in [0.5, 0.6) is 17.2 Å². The summed E-state index contributed by atoms with van der Waals surface area (Å²) in [6.07, 6.45) is 0. The Hall–Kier alpha value is -2.71. The lowest BCUT2D eigenvalue weighted by Gasteiger charge is -2.30. The normalized spacial score (nSPS) is 20.1. The molecule has 0 saturated heterocycles. The maximum atomic E-state index is 13.9. The highest BCUT2D eigenvalue weighted by molar-refractivity contribution is 7.49. The fourth-order valence-electron chi connectivity index (χ4n) is 4.04. The van der Waals surface area contributed by atoms with E-state index in [1.165, 1.54) is 0 Å². The van der Waals surface area contributed by atoms with Gasteiger partial charge in [0, 0.05) is 17.0 Å². The third kappa shape index (κ3) is 3.85. The van der Waals surface area contributed by atoms with Crippen LogP contribution in [0.4, 0.5) is 0 Å². The van der Waals surface area contributed by atoms with E-state index < -0.39 is 7.82 Å². The number of rotatable bonds is 2. The molecule has 0 bridgehead atoms. The molecule has 30 heavy (non-hydrogen) atoms. The van der Waals surface area contributed by atoms with Crippen molar-refractivity contribution in [1.82, 2.24) is 0 Å². The summed E-state index contributed by atoms with van der Waals surface area (Å²) in [4.78, 5) is 0. The molecule has 0 saturated carbocycles. The first-order chi connectivity index (χ1) is 14.1. The predicted octanol–water partition coefficient (Wildman–Crippen LogP) is 7.34. The Balaban J connectivity index is 1.92. The van der Waals surface area contributed by atoms with E-state index in [9.17, 15) is 4.57 Å². The molecule has 3 aromatic rings. The molecule has 1 aliphatic heterocycles. The highest BCUT2D eigenvalue weighted by atomic mass is 31.2. The van der Waals surface area contributed by atoms with E-state index in [1.807, 2.05) is 45.0 Å². The summed E-state index contributed by atoms with van der Waals surface area (Å²) in [6, 6.07) is 15.6. The Morgan fingerprint density at radius 3 is 1.67 bits per heavy atom. The van der Waals surface area contributed by atoms with Crippen LogP contribution >= 0.6 is 7.82 Å². The van der Waals surface area contributed by atoms with Gasteiger partial charge >= 0.3 is 7.82 Å². The molecule has 156 valence electrons. The second-order valence-corrected chi connectivity index (χ2v) is 9.70. The summed E-state index contributed by atoms with van der Waals surface area (Å²) in [7, 11) is -4.00. The molecular formula is C25H27O4P. The van der Waals surface area contributed by atoms with E-state index in [-0.39, 0.29) is 5.92 Å². The number of phosphoric acid groups is 1. The number of phosphoric ester groups is 1. The van der Waals surface area contributed by atoms with Gasteiger partial charge in [-0.05, 0) is 57.9 Å². The van der Waals surface area contributed by atoms with Crippen LogP contribution in [0.3, 0.4) is 0 Å². The van der Waals surface area contributed by atoms with Crippen LogP contribution in [0.1, 0.15) is 51.8 Å². The van der Waals surface area contributed by atoms with Gasteiger partial charge in [-0.15, -0.1) is 0 Å². The van der Waals surface area contributed by atoms with Crippen LogP contribution in [0.2, 0.25) is 0 Å². The van der Waals surface area contributed by atoms with Crippen LogP contribution in [0.25, 0.3) is 0 Å². The van der Waals surface area contributed by atoms with Crippen molar-refractivity contribution in [2.45, 2.75) is 47.5 Å². The van der Waals surface area contributed by atoms with E-state index in [2.05, 4.69) is 32.9 Å². The second kappa shape index (κ2) is 7.52. The minimum absolute atomic E-state index is 0.0142. The molecule has 1 heterocycles. The van der Waals surface area contributed by atoms with Crippen LogP contribution in [-0.2, 0) is 4.57 Å². The van der Waals surface area contributed by atoms with E-state index in [1.54, 1.807) is 12.1 Å². The van der Waals surface area contributed by atoms with E-state index in [0.717, 1.165) is 38.9 Å². The van der Waals surface area contributed by atoms with Crippen molar-refractivity contribution >= 4 is 7.82 Å². The third-order valence-corrected chi connectivity index (χ3v) is 6.72. The topological polar surface area (TPSA) is 44.8 Å². The monoisotopic (exact) mass is 422 g/mol. The molecule has 0 aromatic heterocycles. The van der Waals surface area contributed by atoms with Crippen LogP contribution in [-0.4, -0.2) is 0 Å². The highest BCUT2D eigenvalue weighted by Crippen LogP contribution is 2.56. The number of aryl methyl sites for hydroxylation is 5. The minimum atomic E-state index is -4.00. The Bertz CT molecular complexity index is 1100. The molecule has 0 radical (unpaired) electrons. The van der Waals surface area contributed by atoms with Crippen molar-refractivity contribution in [3.05, 3.63) is 87.5 Å². The number of hydrogen-bond acceptors (Lipinski definition) is 4. The van der Waals surface area contributed by atoms with Crippen molar-refractivity contribution in [2.75, 3.05) is 0 Å². The van der Waals surface area contributed by atoms with Gasteiger partial charge in [0.1, 0.15) is 17.2 Å². The molecule has 0 aliphatic carbocycles. The van der Waals surface area contributed by atoms with Crippen LogP contribution < -0.4 is 13.6 Å². The summed E-state index contributed by atoms with van der Waals surface area (Å²) in [5.41, 5.74) is 7.11. The van der Waals surface area contributed by atoms with Gasteiger partial charge in [0.05, 0.1) is 0 Å². The summed E-state index contributed by atoms with van der Waals surface area (Å²) in [6.45, 7) is 12.1. The van der Waals surface area contributed by atoms with Gasteiger partial charge < -0.3 is 13.6 Å². The second-order valence-electron chi connectivity index (χ2n) is 8.26. The average molecular weight is 422 g/mol. The molecule has 0 fully saturated rings. The van der Waals surface area contributed by atoms with E-state index in [0.29, 0.717) is 17.2 Å². The summed E-state index contributed by atoms with van der Waals surface area (Å²) >= 11 is 0. The quantitative estimate of drug-likeness (QED) is 0.405. The zero-order valence-electron chi connectivity index (χ0n) is 18.3. The highest BCUT2D eigenvalue weighted by Gasteiger charge is 2.39. The number of hydrogen-bond donors (Lipinski definition) is 0. The van der Waals surface area contributed by atoms with E-state index in [4.69, 9.17) is 13.6 Å². The van der Waals surface area contributed by atoms with Gasteiger partial charge in [-0.1, -0.05) is 60.0 Å². The van der Waals surface area contributed by atoms with Gasteiger partial charge in [0.25, 0.3) is 0 Å². The zero-order chi connectivity index (χ0) is 21.6. The Kier molecular flexibility index (Phi) is 5.15. The Morgan fingerprint density at radius 1 is 0.733 bits per heavy atom. The standard InChI is InChI=1S/C25H27O4P/c1-15-7-9-21(10-8-15)27-30(26)28-24-18(4)11-16(2)13-22(24)20(6)23-14-17(3)12-19(5)25(23)29-30/h7-14,20H,1-6H3. The maximum absolute atomic E-state index is 13.9. The smallest absolute Gasteiger partial charge is 0.386 e. The Morgan fingerprint density at radius 2 is 1.20 bits per heavy atom. The lowest BCUT2D eigenvalue weighted by Crippen LogP contribution is -2.15. The molecular weight excluding hydrogens is 395 g/mol. The lowest BCUT2D eigenvalue weighted by molar-refractivity contribution is 0.291. The summed E-state index contributed by atoms with van der Waals surface area (Å²) < 4.78 is 31.9. The van der Waals surface area contributed by atoms with Crippen molar-refractivity contribution < 1.29 is 18.1 Å². The van der Waals surface area contributed by atoms with Crippen molar-refractivity contribution in [1.29, 1.82) is 0 Å². The SMILES string of the molecule is Cc1ccc(OP2(=O)Oc3c(C)cc(C)cc3C(C)c3cc(C)cc(C)c3O2)cc1. The molecule has 0 amide bonds. The number of benzene rings is 3. The molecule has 0 spiro atoms. The zero-order valence-corrected chi connectivity index (χ0v) is 19.2. The van der Waals surface area contributed by atoms with E-state index >= 15 is 0 Å². The molecule has 0 unspecified atom stereocenters. The first-order valence-electron chi connectivity index (χ1n) is 10.1. The molecule has 0 atom stereocenters. The van der Waals surface area contributed by atoms with Gasteiger partial charge in [0.2, 0.25) is 0 Å². The van der Waals surface area contributed by atoms with Gasteiger partial charge in [-0.25, -0.2) is 0 Å². The van der Waals surface area contributed by atoms with Gasteiger partial charge in [0.15, 0.2) is 0 Å². The lowest BCUT2D eigenvalue weighted by atomic mass is 9.87. The minimum Gasteiger partial charge on any atom is -0.386 e.